The van der Waals surface area contributed by atoms with Gasteiger partial charge in [0.05, 0.1) is 30.9 Å². The van der Waals surface area contributed by atoms with E-state index in [9.17, 15) is 0 Å². The molecule has 0 aliphatic carbocycles. The van der Waals surface area contributed by atoms with Crippen molar-refractivity contribution in [3.63, 3.8) is 0 Å². The van der Waals surface area contributed by atoms with E-state index in [1.165, 1.54) is 11.8 Å². The summed E-state index contributed by atoms with van der Waals surface area (Å²) in [4.78, 5) is 0.948. The van der Waals surface area contributed by atoms with Gasteiger partial charge in [-0.05, 0) is 31.0 Å². The van der Waals surface area contributed by atoms with Crippen LogP contribution in [0, 0.1) is 25.2 Å². The molecule has 0 aliphatic heterocycles. The minimum absolute atomic E-state index is 0.405. The standard InChI is InChI=1S/C12H15NO2S/c1-8-9(2)12(15-4)11(16-6-5-13)7-10(8)14-3/h7H,6H2,1-4H3. The molecule has 0 saturated heterocycles. The third kappa shape index (κ3) is 2.42. The Labute approximate surface area is 100 Å². The highest BCUT2D eigenvalue weighted by atomic mass is 32.2. The van der Waals surface area contributed by atoms with Gasteiger partial charge in [0, 0.05) is 0 Å². The van der Waals surface area contributed by atoms with Crippen molar-refractivity contribution in [3.8, 4) is 17.6 Å². The maximum absolute atomic E-state index is 8.60. The molecule has 0 amide bonds. The van der Waals surface area contributed by atoms with Crippen molar-refractivity contribution >= 4 is 11.8 Å². The molecule has 0 heterocycles. The molecular weight excluding hydrogens is 222 g/mol. The van der Waals surface area contributed by atoms with Gasteiger partial charge in [-0.25, -0.2) is 0 Å². The number of ether oxygens (including phenoxy) is 2. The molecule has 1 rings (SSSR count). The minimum Gasteiger partial charge on any atom is -0.496 e. The Morgan fingerprint density at radius 2 is 1.94 bits per heavy atom. The Hall–Kier alpha value is -1.34. The van der Waals surface area contributed by atoms with E-state index in [1.54, 1.807) is 14.2 Å². The van der Waals surface area contributed by atoms with Crippen LogP contribution in [0.4, 0.5) is 0 Å². The summed E-state index contributed by atoms with van der Waals surface area (Å²) in [5, 5.41) is 8.60. The van der Waals surface area contributed by atoms with Crippen LogP contribution in [-0.2, 0) is 0 Å². The highest BCUT2D eigenvalue weighted by Gasteiger charge is 2.13. The summed E-state index contributed by atoms with van der Waals surface area (Å²) < 4.78 is 10.7. The predicted molar refractivity (Wildman–Crippen MR) is 65.4 cm³/mol. The Kier molecular flexibility index (Phi) is 4.51. The number of thioether (sulfide) groups is 1. The molecule has 16 heavy (non-hydrogen) atoms. The zero-order valence-corrected chi connectivity index (χ0v) is 10.8. The topological polar surface area (TPSA) is 42.2 Å². The molecular formula is C12H15NO2S. The van der Waals surface area contributed by atoms with Crippen molar-refractivity contribution in [1.29, 1.82) is 5.26 Å². The van der Waals surface area contributed by atoms with E-state index in [0.717, 1.165) is 27.5 Å². The molecule has 1 aromatic carbocycles. The predicted octanol–water partition coefficient (Wildman–Crippen LogP) is 2.94. The fourth-order valence-electron chi connectivity index (χ4n) is 1.52. The van der Waals surface area contributed by atoms with Crippen LogP contribution in [0.2, 0.25) is 0 Å². The summed E-state index contributed by atoms with van der Waals surface area (Å²) >= 11 is 1.46. The van der Waals surface area contributed by atoms with E-state index < -0.39 is 0 Å². The molecule has 0 bridgehead atoms. The molecule has 1 aromatic rings. The van der Waals surface area contributed by atoms with E-state index in [1.807, 2.05) is 19.9 Å². The second-order valence-electron chi connectivity index (χ2n) is 3.31. The van der Waals surface area contributed by atoms with E-state index in [-0.39, 0.29) is 0 Å². The molecule has 0 unspecified atom stereocenters. The molecule has 0 N–H and O–H groups in total. The normalized spacial score (nSPS) is 9.69. The third-order valence-corrected chi connectivity index (χ3v) is 3.36. The van der Waals surface area contributed by atoms with Gasteiger partial charge in [0.15, 0.2) is 0 Å². The van der Waals surface area contributed by atoms with Crippen LogP contribution in [0.25, 0.3) is 0 Å². The number of benzene rings is 1. The Morgan fingerprint density at radius 1 is 1.25 bits per heavy atom. The van der Waals surface area contributed by atoms with Crippen molar-refractivity contribution in [2.45, 2.75) is 18.7 Å². The second-order valence-corrected chi connectivity index (χ2v) is 4.32. The molecule has 0 aliphatic rings. The minimum atomic E-state index is 0.405. The average Bonchev–Trinajstić information content (AvgIpc) is 2.30. The summed E-state index contributed by atoms with van der Waals surface area (Å²) in [6.07, 6.45) is 0. The number of hydrogen-bond acceptors (Lipinski definition) is 4. The first kappa shape index (κ1) is 12.7. The lowest BCUT2D eigenvalue weighted by atomic mass is 10.1. The van der Waals surface area contributed by atoms with Crippen molar-refractivity contribution in [2.75, 3.05) is 20.0 Å². The van der Waals surface area contributed by atoms with Crippen LogP contribution in [0.3, 0.4) is 0 Å². The Morgan fingerprint density at radius 3 is 2.44 bits per heavy atom. The van der Waals surface area contributed by atoms with Gasteiger partial charge in [-0.3, -0.25) is 0 Å². The van der Waals surface area contributed by atoms with Gasteiger partial charge in [0.25, 0.3) is 0 Å². The molecule has 0 spiro atoms. The fourth-order valence-corrected chi connectivity index (χ4v) is 2.29. The van der Waals surface area contributed by atoms with Crippen molar-refractivity contribution < 1.29 is 9.47 Å². The van der Waals surface area contributed by atoms with E-state index in [4.69, 9.17) is 14.7 Å². The van der Waals surface area contributed by atoms with E-state index in [2.05, 4.69) is 6.07 Å². The van der Waals surface area contributed by atoms with Crippen LogP contribution in [0.5, 0.6) is 11.5 Å². The SMILES string of the molecule is COc1cc(SCC#N)c(OC)c(C)c1C. The van der Waals surface area contributed by atoms with Crippen LogP contribution in [0.1, 0.15) is 11.1 Å². The summed E-state index contributed by atoms with van der Waals surface area (Å²) in [7, 11) is 3.29. The zero-order valence-electron chi connectivity index (χ0n) is 9.96. The summed E-state index contributed by atoms with van der Waals surface area (Å²) in [5.41, 5.74) is 2.13. The zero-order chi connectivity index (χ0) is 12.1. The Bertz CT molecular complexity index is 424. The van der Waals surface area contributed by atoms with Gasteiger partial charge < -0.3 is 9.47 Å². The number of hydrogen-bond donors (Lipinski definition) is 0. The average molecular weight is 237 g/mol. The van der Waals surface area contributed by atoms with Gasteiger partial charge >= 0.3 is 0 Å². The molecule has 3 nitrogen and oxygen atoms in total. The van der Waals surface area contributed by atoms with E-state index in [0.29, 0.717) is 5.75 Å². The molecule has 0 fully saturated rings. The van der Waals surface area contributed by atoms with Crippen LogP contribution in [0.15, 0.2) is 11.0 Å². The van der Waals surface area contributed by atoms with Gasteiger partial charge in [-0.2, -0.15) is 5.26 Å². The highest BCUT2D eigenvalue weighted by Crippen LogP contribution is 2.38. The third-order valence-electron chi connectivity index (χ3n) is 2.47. The second kappa shape index (κ2) is 5.66. The lowest BCUT2D eigenvalue weighted by Crippen LogP contribution is -1.97. The number of rotatable bonds is 4. The van der Waals surface area contributed by atoms with Gasteiger partial charge in [0.2, 0.25) is 0 Å². The van der Waals surface area contributed by atoms with Crippen LogP contribution in [-0.4, -0.2) is 20.0 Å². The summed E-state index contributed by atoms with van der Waals surface area (Å²) in [6.45, 7) is 3.99. The monoisotopic (exact) mass is 237 g/mol. The van der Waals surface area contributed by atoms with Crippen molar-refractivity contribution in [3.05, 3.63) is 17.2 Å². The van der Waals surface area contributed by atoms with Crippen molar-refractivity contribution in [1.82, 2.24) is 0 Å². The lowest BCUT2D eigenvalue weighted by molar-refractivity contribution is 0.389. The van der Waals surface area contributed by atoms with Crippen molar-refractivity contribution in [2.24, 2.45) is 0 Å². The Balaban J connectivity index is 3.25. The molecule has 86 valence electrons. The maximum atomic E-state index is 8.60. The summed E-state index contributed by atoms with van der Waals surface area (Å²) in [5.74, 6) is 2.07. The molecule has 0 atom stereocenters. The number of methoxy groups -OCH3 is 2. The first-order chi connectivity index (χ1) is 7.65. The number of nitrogens with zero attached hydrogens (tertiary/aromatic N) is 1. The molecule has 4 heteroatoms. The van der Waals surface area contributed by atoms with E-state index >= 15 is 0 Å². The lowest BCUT2D eigenvalue weighted by Gasteiger charge is -2.15. The quantitative estimate of drug-likeness (QED) is 0.755. The first-order valence-electron chi connectivity index (χ1n) is 4.87. The smallest absolute Gasteiger partial charge is 0.135 e. The molecule has 0 radical (unpaired) electrons. The fraction of sp³-hybridized carbons (Fsp3) is 0.417. The van der Waals surface area contributed by atoms with Crippen LogP contribution >= 0.6 is 11.8 Å². The first-order valence-corrected chi connectivity index (χ1v) is 5.86. The maximum Gasteiger partial charge on any atom is 0.135 e. The van der Waals surface area contributed by atoms with Crippen LogP contribution < -0.4 is 9.47 Å². The molecule has 0 saturated carbocycles. The van der Waals surface area contributed by atoms with Gasteiger partial charge in [-0.1, -0.05) is 0 Å². The largest absolute Gasteiger partial charge is 0.496 e. The van der Waals surface area contributed by atoms with Gasteiger partial charge in [-0.15, -0.1) is 11.8 Å². The number of nitriles is 1. The van der Waals surface area contributed by atoms with Gasteiger partial charge in [0.1, 0.15) is 11.5 Å². The summed E-state index contributed by atoms with van der Waals surface area (Å²) in [6, 6.07) is 4.03. The highest BCUT2D eigenvalue weighted by molar-refractivity contribution is 7.99. The molecule has 0 aromatic heterocycles.